The van der Waals surface area contributed by atoms with Gasteiger partial charge in [-0.25, -0.2) is 24.5 Å². The Hall–Kier alpha value is -6.73. The molecule has 4 N–H and O–H groups in total. The van der Waals surface area contributed by atoms with E-state index in [0.717, 1.165) is 98.0 Å². The Balaban J connectivity index is 0.910. The molecule has 8 heterocycles. The van der Waals surface area contributed by atoms with Crippen LogP contribution in [0.1, 0.15) is 144 Å². The van der Waals surface area contributed by atoms with Crippen LogP contribution in [0.4, 0.5) is 9.59 Å². The summed E-state index contributed by atoms with van der Waals surface area (Å²) < 4.78 is 25.4. The quantitative estimate of drug-likeness (QED) is 0.0906. The summed E-state index contributed by atoms with van der Waals surface area (Å²) in [4.78, 5) is 80.5. The first-order chi connectivity index (χ1) is 36.6. The largest absolute Gasteiger partial charge is 0.464 e. The molecule has 0 spiro atoms. The van der Waals surface area contributed by atoms with Crippen LogP contribution in [0.15, 0.2) is 55.0 Å². The lowest BCUT2D eigenvalue weighted by atomic mass is 9.85. The van der Waals surface area contributed by atoms with E-state index in [4.69, 9.17) is 33.9 Å². The van der Waals surface area contributed by atoms with Gasteiger partial charge >= 0.3 is 12.2 Å². The molecule has 402 valence electrons. The fourth-order valence-corrected chi connectivity index (χ4v) is 13.7. The Kier molecular flexibility index (Phi) is 14.0. The van der Waals surface area contributed by atoms with Crippen LogP contribution in [0.3, 0.4) is 0 Å². The summed E-state index contributed by atoms with van der Waals surface area (Å²) in [5, 5.41) is 7.84. The summed E-state index contributed by atoms with van der Waals surface area (Å²) in [5.74, 6) is 2.26. The fraction of sp³-hybridized carbons (Fsp3) is 0.526. The number of methoxy groups -OCH3 is 2. The molecule has 2 aromatic carbocycles. The van der Waals surface area contributed by atoms with Crippen molar-refractivity contribution in [2.75, 3.05) is 20.8 Å². The van der Waals surface area contributed by atoms with Gasteiger partial charge in [0.15, 0.2) is 0 Å². The molecule has 0 radical (unpaired) electrons. The van der Waals surface area contributed by atoms with Crippen molar-refractivity contribution in [3.05, 3.63) is 82.1 Å². The number of H-pyrrole nitrogens is 2. The number of ether oxygens (including phenoxy) is 4. The van der Waals surface area contributed by atoms with Gasteiger partial charge in [0.25, 0.3) is 0 Å². The van der Waals surface area contributed by atoms with E-state index in [-0.39, 0.29) is 59.9 Å². The Labute approximate surface area is 447 Å². The van der Waals surface area contributed by atoms with E-state index < -0.39 is 30.5 Å². The molecule has 10 atom stereocenters. The van der Waals surface area contributed by atoms with Gasteiger partial charge in [-0.15, -0.1) is 11.3 Å². The number of thiazole rings is 1. The molecule has 18 nitrogen and oxygen atoms in total. The van der Waals surface area contributed by atoms with E-state index in [1.54, 1.807) is 11.3 Å². The molecular formula is C57H70N10O8S. The monoisotopic (exact) mass is 1050 g/mol. The zero-order valence-corrected chi connectivity index (χ0v) is 45.7. The van der Waals surface area contributed by atoms with Crippen molar-refractivity contribution in [3.8, 4) is 39.5 Å². The molecule has 3 unspecified atom stereocenters. The van der Waals surface area contributed by atoms with Crippen molar-refractivity contribution in [3.63, 3.8) is 0 Å². The van der Waals surface area contributed by atoms with Gasteiger partial charge in [0, 0.05) is 46.8 Å². The highest BCUT2D eigenvalue weighted by molar-refractivity contribution is 7.11. The first-order valence-electron chi connectivity index (χ1n) is 27.1. The van der Waals surface area contributed by atoms with Gasteiger partial charge in [0.05, 0.1) is 83.4 Å². The summed E-state index contributed by atoms with van der Waals surface area (Å²) in [6.07, 6.45) is 10.9. The van der Waals surface area contributed by atoms with E-state index in [1.807, 2.05) is 56.1 Å². The van der Waals surface area contributed by atoms with E-state index in [9.17, 15) is 19.2 Å². The van der Waals surface area contributed by atoms with Crippen molar-refractivity contribution >= 4 is 46.2 Å². The molecule has 4 amide bonds. The standard InChI is InChI=1S/C57H70N10O8S/c1-28(2)48(63-56(70)72-8)53(68)65-17-11-14-42(65)50-58-26-40(62-50)36-18-30(4)47-43-23-37-22-35(15-16-41(37)67(43)55(75-45(47)24-36)46-27-60-52(76-46)34-12-10-13-34)39-25-59-51(61-39)44-19-29(3)33(7)66(44)54(69)49(64-57(71)73-9)38-20-31(5)74-32(6)21-38/h15-16,18,22-29,31-34,38,42,44,48-49,55H,10-14,17,19-21H2,1-9H3,(H,58,62)(H,59,61)(H,63,70)(H,64,71)/t29-,31-,32+,33-,38?,42+,44+,48+,49?,55?/m1/s1. The molecule has 19 heteroatoms. The third-order valence-electron chi connectivity index (χ3n) is 16.9. The molecule has 6 aromatic rings. The van der Waals surface area contributed by atoms with Crippen LogP contribution >= 0.6 is 11.3 Å². The maximum Gasteiger partial charge on any atom is 0.407 e. The predicted octanol–water partition coefficient (Wildman–Crippen LogP) is 10.3. The van der Waals surface area contributed by atoms with Crippen LogP contribution in [0, 0.1) is 24.7 Å². The molecule has 4 aromatic heterocycles. The third-order valence-corrected chi connectivity index (χ3v) is 18.0. The Morgan fingerprint density at radius 3 is 2.17 bits per heavy atom. The van der Waals surface area contributed by atoms with E-state index in [2.05, 4.69) is 82.3 Å². The number of hydrogen-bond acceptors (Lipinski definition) is 12. The number of likely N-dealkylation sites (tertiary alicyclic amines) is 2. The minimum atomic E-state index is -0.773. The first kappa shape index (κ1) is 51.4. The summed E-state index contributed by atoms with van der Waals surface area (Å²) in [6, 6.07) is 10.8. The number of benzene rings is 2. The fourth-order valence-electron chi connectivity index (χ4n) is 12.6. The maximum atomic E-state index is 14.8. The van der Waals surface area contributed by atoms with Gasteiger partial charge in [-0.1, -0.05) is 33.3 Å². The molecule has 4 fully saturated rings. The number of fused-ring (bicyclic) bond motifs is 5. The average Bonchev–Trinajstić information content (AvgIpc) is 4.26. The van der Waals surface area contributed by atoms with Crippen LogP contribution in [-0.4, -0.2) is 114 Å². The normalized spacial score (nSPS) is 25.1. The Morgan fingerprint density at radius 1 is 0.789 bits per heavy atom. The number of aromatic amines is 2. The number of imidazole rings is 2. The van der Waals surface area contributed by atoms with Gasteiger partial charge in [-0.05, 0) is 126 Å². The van der Waals surface area contributed by atoms with Crippen molar-refractivity contribution in [1.29, 1.82) is 0 Å². The van der Waals surface area contributed by atoms with E-state index in [0.29, 0.717) is 37.0 Å². The second-order valence-electron chi connectivity index (χ2n) is 22.3. The number of hydrogen-bond donors (Lipinski definition) is 4. The number of nitrogens with one attached hydrogen (secondary N) is 4. The number of alkyl carbamates (subject to hydrolysis) is 2. The number of amides is 4. The zero-order valence-electron chi connectivity index (χ0n) is 44.8. The van der Waals surface area contributed by atoms with Crippen LogP contribution < -0.4 is 15.4 Å². The number of carbonyl (C=O) groups excluding carboxylic acids is 4. The highest BCUT2D eigenvalue weighted by Gasteiger charge is 2.47. The second-order valence-corrected chi connectivity index (χ2v) is 23.4. The molecule has 0 bridgehead atoms. The van der Waals surface area contributed by atoms with Crippen molar-refractivity contribution in [2.24, 2.45) is 17.8 Å². The number of aromatic nitrogens is 6. The molecule has 1 saturated carbocycles. The van der Waals surface area contributed by atoms with Gasteiger partial charge < -0.3 is 49.3 Å². The highest BCUT2D eigenvalue weighted by atomic mass is 32.1. The minimum Gasteiger partial charge on any atom is -0.464 e. The van der Waals surface area contributed by atoms with Crippen molar-refractivity contribution < 1.29 is 38.1 Å². The lowest BCUT2D eigenvalue weighted by Crippen LogP contribution is -2.55. The summed E-state index contributed by atoms with van der Waals surface area (Å²) in [5.41, 5.74) is 7.57. The number of rotatable bonds is 12. The molecule has 76 heavy (non-hydrogen) atoms. The van der Waals surface area contributed by atoms with Crippen LogP contribution in [0.2, 0.25) is 0 Å². The van der Waals surface area contributed by atoms with Crippen molar-refractivity contribution in [1.82, 2.24) is 49.9 Å². The third kappa shape index (κ3) is 9.40. The molecule has 5 aliphatic rings. The van der Waals surface area contributed by atoms with Gasteiger partial charge in [-0.3, -0.25) is 14.2 Å². The molecule has 3 saturated heterocycles. The zero-order chi connectivity index (χ0) is 53.3. The van der Waals surface area contributed by atoms with Gasteiger partial charge in [-0.2, -0.15) is 0 Å². The van der Waals surface area contributed by atoms with Gasteiger partial charge in [0.2, 0.25) is 18.0 Å². The molecule has 1 aliphatic carbocycles. The molecule has 11 rings (SSSR count). The lowest BCUT2D eigenvalue weighted by Gasteiger charge is -2.39. The molecular weight excluding hydrogens is 985 g/mol. The lowest BCUT2D eigenvalue weighted by molar-refractivity contribution is -0.140. The average molecular weight is 1060 g/mol. The van der Waals surface area contributed by atoms with Crippen LogP contribution in [-0.2, 0) is 23.8 Å². The highest BCUT2D eigenvalue weighted by Crippen LogP contribution is 2.50. The SMILES string of the molecule is COC(=O)NC(C(=O)N1[C@H](C)[C@H](C)C[C@H]1c1ncc(-c2ccc3c(c2)cc2n3C(c3cnc(C4CCC4)s3)Oc3cc(-c4cnc([C@@H]5CCCN5C(=O)[C@@H](NC(=O)OC)C(C)C)[nH]4)cc(C)c3-2)[nH]1)C1C[C@@H](C)O[C@@H](C)C1. The van der Waals surface area contributed by atoms with Crippen molar-refractivity contribution in [2.45, 2.75) is 154 Å². The summed E-state index contributed by atoms with van der Waals surface area (Å²) in [7, 11) is 2.62. The molecule has 4 aliphatic heterocycles. The van der Waals surface area contributed by atoms with E-state index >= 15 is 0 Å². The smallest absolute Gasteiger partial charge is 0.407 e. The van der Waals surface area contributed by atoms with Crippen LogP contribution in [0.25, 0.3) is 44.7 Å². The number of carbonyl (C=O) groups is 4. The minimum absolute atomic E-state index is 0.0465. The first-order valence-corrected chi connectivity index (χ1v) is 27.9. The van der Waals surface area contributed by atoms with Crippen LogP contribution in [0.5, 0.6) is 5.75 Å². The topological polar surface area (TPSA) is 211 Å². The van der Waals surface area contributed by atoms with Gasteiger partial charge in [0.1, 0.15) is 29.5 Å². The second kappa shape index (κ2) is 20.7. The van der Waals surface area contributed by atoms with E-state index in [1.165, 1.54) is 20.6 Å². The summed E-state index contributed by atoms with van der Waals surface area (Å²) in [6.45, 7) is 14.8. The Bertz CT molecular complexity index is 3160. The predicted molar refractivity (Wildman–Crippen MR) is 287 cm³/mol. The number of aryl methyl sites for hydroxylation is 1. The summed E-state index contributed by atoms with van der Waals surface area (Å²) >= 11 is 1.73. The maximum absolute atomic E-state index is 14.8. The Morgan fingerprint density at radius 2 is 1.49 bits per heavy atom. The number of nitrogens with zero attached hydrogens (tertiary/aromatic N) is 6.